The van der Waals surface area contributed by atoms with E-state index in [1.54, 1.807) is 19.1 Å². The van der Waals surface area contributed by atoms with Crippen molar-refractivity contribution in [1.82, 2.24) is 4.72 Å². The summed E-state index contributed by atoms with van der Waals surface area (Å²) in [6.07, 6.45) is 0. The number of halogens is 1. The minimum absolute atomic E-state index is 0.0674. The Labute approximate surface area is 113 Å². The van der Waals surface area contributed by atoms with Gasteiger partial charge in [-0.25, -0.2) is 8.42 Å². The fourth-order valence-electron chi connectivity index (χ4n) is 1.24. The highest BCUT2D eigenvalue weighted by atomic mass is 79.9. The largest absolute Gasteiger partial charge is 0.480 e. The van der Waals surface area contributed by atoms with Crippen molar-refractivity contribution < 1.29 is 23.4 Å². The first-order chi connectivity index (χ1) is 8.29. The van der Waals surface area contributed by atoms with Gasteiger partial charge in [0.15, 0.2) is 0 Å². The lowest BCUT2D eigenvalue weighted by Gasteiger charge is -2.13. The number of carbonyl (C=O) groups is 1. The lowest BCUT2D eigenvalue weighted by Crippen LogP contribution is -2.43. The summed E-state index contributed by atoms with van der Waals surface area (Å²) in [6.45, 7) is 0.891. The summed E-state index contributed by atoms with van der Waals surface area (Å²) in [5.74, 6) is -1.44. The van der Waals surface area contributed by atoms with E-state index in [1.165, 1.54) is 6.07 Å². The van der Waals surface area contributed by atoms with Gasteiger partial charge in [-0.3, -0.25) is 4.79 Å². The molecule has 6 nitrogen and oxygen atoms in total. The van der Waals surface area contributed by atoms with E-state index in [0.29, 0.717) is 10.0 Å². The van der Waals surface area contributed by atoms with Crippen molar-refractivity contribution >= 4 is 31.9 Å². The average molecular weight is 338 g/mol. The first-order valence-electron chi connectivity index (χ1n) is 4.90. The Bertz CT molecular complexity index is 557. The minimum atomic E-state index is -4.01. The second kappa shape index (κ2) is 5.79. The molecule has 1 atom stereocenters. The van der Waals surface area contributed by atoms with Crippen molar-refractivity contribution in [3.8, 4) is 0 Å². The summed E-state index contributed by atoms with van der Waals surface area (Å²) in [7, 11) is -4.01. The fourth-order valence-corrected chi connectivity index (χ4v) is 3.48. The molecule has 3 N–H and O–H groups in total. The molecule has 0 unspecified atom stereocenters. The maximum Gasteiger partial charge on any atom is 0.324 e. The molecule has 0 amide bonds. The lowest BCUT2D eigenvalue weighted by molar-refractivity contribution is -0.139. The van der Waals surface area contributed by atoms with E-state index in [2.05, 4.69) is 15.9 Å². The van der Waals surface area contributed by atoms with Gasteiger partial charge in [0.2, 0.25) is 10.0 Å². The van der Waals surface area contributed by atoms with Gasteiger partial charge in [-0.2, -0.15) is 4.72 Å². The highest BCUT2D eigenvalue weighted by Crippen LogP contribution is 2.25. The smallest absolute Gasteiger partial charge is 0.324 e. The number of aliphatic carboxylic acids is 1. The summed E-state index contributed by atoms with van der Waals surface area (Å²) >= 11 is 3.14. The van der Waals surface area contributed by atoms with Gasteiger partial charge in [0, 0.05) is 4.47 Å². The van der Waals surface area contributed by atoms with Crippen molar-refractivity contribution in [3.63, 3.8) is 0 Å². The predicted molar refractivity (Wildman–Crippen MR) is 67.7 cm³/mol. The molecule has 1 rings (SSSR count). The summed E-state index contributed by atoms with van der Waals surface area (Å²) in [6, 6.07) is 3.03. The van der Waals surface area contributed by atoms with Crippen molar-refractivity contribution in [2.24, 2.45) is 0 Å². The first kappa shape index (κ1) is 15.1. The SMILES string of the molecule is Cc1cccc(S(=O)(=O)N[C@H](CO)C(=O)O)c1Br. The van der Waals surface area contributed by atoms with E-state index in [9.17, 15) is 13.2 Å². The van der Waals surface area contributed by atoms with Crippen molar-refractivity contribution in [3.05, 3.63) is 28.2 Å². The van der Waals surface area contributed by atoms with E-state index >= 15 is 0 Å². The van der Waals surface area contributed by atoms with Crippen LogP contribution in [-0.4, -0.2) is 37.2 Å². The molecule has 0 saturated carbocycles. The van der Waals surface area contributed by atoms with Crippen LogP contribution in [0.1, 0.15) is 5.56 Å². The van der Waals surface area contributed by atoms with Gasteiger partial charge in [-0.05, 0) is 34.5 Å². The monoisotopic (exact) mass is 337 g/mol. The minimum Gasteiger partial charge on any atom is -0.480 e. The molecule has 0 bridgehead atoms. The maximum atomic E-state index is 12.0. The zero-order valence-electron chi connectivity index (χ0n) is 9.42. The van der Waals surface area contributed by atoms with Gasteiger partial charge in [0.05, 0.1) is 11.5 Å². The average Bonchev–Trinajstić information content (AvgIpc) is 2.29. The van der Waals surface area contributed by atoms with E-state index in [-0.39, 0.29) is 4.90 Å². The van der Waals surface area contributed by atoms with Crippen LogP contribution in [0.15, 0.2) is 27.6 Å². The van der Waals surface area contributed by atoms with Gasteiger partial charge >= 0.3 is 5.97 Å². The quantitative estimate of drug-likeness (QED) is 0.725. The number of benzene rings is 1. The molecule has 0 aliphatic rings. The third-order valence-corrected chi connectivity index (χ3v) is 5.05. The van der Waals surface area contributed by atoms with Crippen LogP contribution in [0.3, 0.4) is 0 Å². The van der Waals surface area contributed by atoms with Crippen LogP contribution >= 0.6 is 15.9 Å². The maximum absolute atomic E-state index is 12.0. The van der Waals surface area contributed by atoms with Gasteiger partial charge in [-0.15, -0.1) is 0 Å². The molecule has 0 heterocycles. The number of aliphatic hydroxyl groups excluding tert-OH is 1. The summed E-state index contributed by atoms with van der Waals surface area (Å²) < 4.78 is 26.2. The molecule has 8 heteroatoms. The topological polar surface area (TPSA) is 104 Å². The molecule has 1 aromatic carbocycles. The molecule has 0 aromatic heterocycles. The molecule has 0 aliphatic carbocycles. The zero-order chi connectivity index (χ0) is 13.9. The Morgan fingerprint density at radius 3 is 2.61 bits per heavy atom. The highest BCUT2D eigenvalue weighted by molar-refractivity contribution is 9.10. The van der Waals surface area contributed by atoms with E-state index in [4.69, 9.17) is 10.2 Å². The Kier molecular flexibility index (Phi) is 4.85. The molecular weight excluding hydrogens is 326 g/mol. The van der Waals surface area contributed by atoms with Crippen LogP contribution in [0.2, 0.25) is 0 Å². The normalized spacial score (nSPS) is 13.3. The molecule has 0 saturated heterocycles. The molecule has 0 spiro atoms. The summed E-state index contributed by atoms with van der Waals surface area (Å²) in [5, 5.41) is 17.5. The van der Waals surface area contributed by atoms with Gasteiger partial charge in [0.25, 0.3) is 0 Å². The van der Waals surface area contributed by atoms with Crippen molar-refractivity contribution in [2.75, 3.05) is 6.61 Å². The first-order valence-corrected chi connectivity index (χ1v) is 7.18. The summed E-state index contributed by atoms with van der Waals surface area (Å²) in [5.41, 5.74) is 0.703. The van der Waals surface area contributed by atoms with Crippen LogP contribution in [0.4, 0.5) is 0 Å². The molecule has 100 valence electrons. The number of carboxylic acids is 1. The summed E-state index contributed by atoms with van der Waals surface area (Å²) in [4.78, 5) is 10.6. The van der Waals surface area contributed by atoms with Gasteiger partial charge in [0.1, 0.15) is 6.04 Å². The van der Waals surface area contributed by atoms with E-state index in [0.717, 1.165) is 0 Å². The molecule has 0 fully saturated rings. The van der Waals surface area contributed by atoms with Gasteiger partial charge in [-0.1, -0.05) is 12.1 Å². The lowest BCUT2D eigenvalue weighted by atomic mass is 10.2. The fraction of sp³-hybridized carbons (Fsp3) is 0.300. The Balaban J connectivity index is 3.14. The van der Waals surface area contributed by atoms with Crippen molar-refractivity contribution in [1.29, 1.82) is 0 Å². The molecule has 18 heavy (non-hydrogen) atoms. The van der Waals surface area contributed by atoms with Crippen LogP contribution in [-0.2, 0) is 14.8 Å². The van der Waals surface area contributed by atoms with Gasteiger partial charge < -0.3 is 10.2 Å². The number of carboxylic acid groups (broad SMARTS) is 1. The zero-order valence-corrected chi connectivity index (χ0v) is 11.8. The number of aliphatic hydroxyl groups is 1. The highest BCUT2D eigenvalue weighted by Gasteiger charge is 2.26. The number of nitrogens with one attached hydrogen (secondary N) is 1. The molecule has 0 aliphatic heterocycles. The number of hydrogen-bond donors (Lipinski definition) is 3. The van der Waals surface area contributed by atoms with Crippen LogP contribution in [0.25, 0.3) is 0 Å². The number of sulfonamides is 1. The van der Waals surface area contributed by atoms with Crippen LogP contribution in [0.5, 0.6) is 0 Å². The third-order valence-electron chi connectivity index (χ3n) is 2.22. The van der Waals surface area contributed by atoms with Crippen LogP contribution < -0.4 is 4.72 Å². The second-order valence-electron chi connectivity index (χ2n) is 3.58. The van der Waals surface area contributed by atoms with Crippen LogP contribution in [0, 0.1) is 6.92 Å². The second-order valence-corrected chi connectivity index (χ2v) is 6.06. The number of hydrogen-bond acceptors (Lipinski definition) is 4. The van der Waals surface area contributed by atoms with Crippen molar-refractivity contribution in [2.45, 2.75) is 17.9 Å². The third kappa shape index (κ3) is 3.29. The molecular formula is C10H12BrNO5S. The standard InChI is InChI=1S/C10H12BrNO5S/c1-6-3-2-4-8(9(6)11)18(16,17)12-7(5-13)10(14)15/h2-4,7,12-13H,5H2,1H3,(H,14,15)/t7-/m1/s1. The number of rotatable bonds is 5. The van der Waals surface area contributed by atoms with E-state index < -0.39 is 28.6 Å². The Morgan fingerprint density at radius 1 is 1.50 bits per heavy atom. The Morgan fingerprint density at radius 2 is 2.11 bits per heavy atom. The Hall–Kier alpha value is -0.960. The predicted octanol–water partition coefficient (Wildman–Crippen LogP) is 0.481. The number of aryl methyl sites for hydroxylation is 1. The van der Waals surface area contributed by atoms with E-state index in [1.807, 2.05) is 4.72 Å². The molecule has 0 radical (unpaired) electrons. The molecule has 1 aromatic rings.